The molecule has 0 fully saturated rings. The molecule has 0 bridgehead atoms. The molecular formula is C23H19N5O3S2. The van der Waals surface area contributed by atoms with Crippen LogP contribution in [0.1, 0.15) is 12.5 Å². The number of methoxy groups -OCH3 is 1. The lowest BCUT2D eigenvalue weighted by molar-refractivity contribution is 0.404. The van der Waals surface area contributed by atoms with Gasteiger partial charge in [0.15, 0.2) is 11.3 Å². The third-order valence-corrected chi connectivity index (χ3v) is 6.65. The minimum Gasteiger partial charge on any atom is -0.493 e. The molecule has 0 amide bonds. The summed E-state index contributed by atoms with van der Waals surface area (Å²) < 4.78 is 13.2. The lowest BCUT2D eigenvalue weighted by atomic mass is 10.2. The Morgan fingerprint density at radius 2 is 2.06 bits per heavy atom. The highest BCUT2D eigenvalue weighted by Gasteiger charge is 2.17. The standard InChI is InChI=1S/C23H19N5O3S2/c1-4-13-9-15(12-24-11-13)27(2)14-5-6-16-18(10-14)33-22(26-16)28-21(29)19-20(31-23(28)32)17(30-3)7-8-25-19/h5-12H,4H2,1-3H3. The molecule has 0 N–H and O–H groups in total. The second kappa shape index (κ2) is 8.38. The first-order valence-corrected chi connectivity index (χ1v) is 11.4. The van der Waals surface area contributed by atoms with Crippen molar-refractivity contribution in [2.75, 3.05) is 19.1 Å². The molecule has 1 aromatic carbocycles. The number of nitrogens with zero attached hydrogens (tertiary/aromatic N) is 5. The third-order valence-electron chi connectivity index (χ3n) is 5.38. The SMILES string of the molecule is CCc1cncc(N(C)c2ccc3nc(-n4c(=S)oc5c(OC)ccnc5c4=O)sc3c2)c1. The van der Waals surface area contributed by atoms with Crippen LogP contribution in [0.4, 0.5) is 11.4 Å². The molecule has 0 radical (unpaired) electrons. The Morgan fingerprint density at radius 1 is 1.21 bits per heavy atom. The smallest absolute Gasteiger partial charge is 0.290 e. The lowest BCUT2D eigenvalue weighted by Gasteiger charge is -2.19. The molecule has 0 aliphatic heterocycles. The van der Waals surface area contributed by atoms with Gasteiger partial charge in [-0.15, -0.1) is 0 Å². The summed E-state index contributed by atoms with van der Waals surface area (Å²) in [5, 5.41) is 0.421. The van der Waals surface area contributed by atoms with E-state index in [9.17, 15) is 4.79 Å². The number of pyridine rings is 2. The number of benzene rings is 1. The maximum Gasteiger partial charge on any atom is 0.290 e. The van der Waals surface area contributed by atoms with Gasteiger partial charge >= 0.3 is 0 Å². The van der Waals surface area contributed by atoms with E-state index in [1.807, 2.05) is 37.6 Å². The molecule has 166 valence electrons. The van der Waals surface area contributed by atoms with E-state index in [1.165, 1.54) is 34.8 Å². The third kappa shape index (κ3) is 3.66. The average Bonchev–Trinajstić information content (AvgIpc) is 3.26. The summed E-state index contributed by atoms with van der Waals surface area (Å²) >= 11 is 6.74. The molecule has 0 aliphatic rings. The number of fused-ring (bicyclic) bond motifs is 2. The van der Waals surface area contributed by atoms with Gasteiger partial charge in [0.2, 0.25) is 10.7 Å². The highest BCUT2D eigenvalue weighted by molar-refractivity contribution is 7.71. The van der Waals surface area contributed by atoms with Crippen LogP contribution in [0.15, 0.2) is 58.1 Å². The molecule has 4 aromatic heterocycles. The molecule has 33 heavy (non-hydrogen) atoms. The maximum absolute atomic E-state index is 13.2. The van der Waals surface area contributed by atoms with Crippen molar-refractivity contribution in [1.29, 1.82) is 0 Å². The van der Waals surface area contributed by atoms with Gasteiger partial charge < -0.3 is 14.1 Å². The molecule has 0 spiro atoms. The summed E-state index contributed by atoms with van der Waals surface area (Å²) in [5.74, 6) is 0.397. The van der Waals surface area contributed by atoms with Crippen molar-refractivity contribution in [2.24, 2.45) is 0 Å². The predicted molar refractivity (Wildman–Crippen MR) is 132 cm³/mol. The second-order valence-electron chi connectivity index (χ2n) is 7.31. The normalized spacial score (nSPS) is 11.2. The lowest BCUT2D eigenvalue weighted by Crippen LogP contribution is -2.20. The van der Waals surface area contributed by atoms with E-state index >= 15 is 0 Å². The topological polar surface area (TPSA) is 86.3 Å². The van der Waals surface area contributed by atoms with E-state index in [0.29, 0.717) is 10.9 Å². The zero-order valence-electron chi connectivity index (χ0n) is 18.1. The average molecular weight is 478 g/mol. The first-order chi connectivity index (χ1) is 16.0. The van der Waals surface area contributed by atoms with Crippen molar-refractivity contribution in [3.8, 4) is 10.9 Å². The van der Waals surface area contributed by atoms with E-state index in [2.05, 4.69) is 32.8 Å². The Morgan fingerprint density at radius 3 is 2.85 bits per heavy atom. The fourth-order valence-corrected chi connectivity index (χ4v) is 4.84. The zero-order valence-corrected chi connectivity index (χ0v) is 19.7. The van der Waals surface area contributed by atoms with Gasteiger partial charge in [-0.2, -0.15) is 0 Å². The van der Waals surface area contributed by atoms with Crippen molar-refractivity contribution in [2.45, 2.75) is 13.3 Å². The van der Waals surface area contributed by atoms with Gasteiger partial charge in [0.1, 0.15) is 0 Å². The van der Waals surface area contributed by atoms with Crippen LogP contribution in [0, 0.1) is 4.84 Å². The van der Waals surface area contributed by atoms with Crippen molar-refractivity contribution in [3.05, 3.63) is 69.7 Å². The summed E-state index contributed by atoms with van der Waals surface area (Å²) in [4.78, 5) is 28.4. The first kappa shape index (κ1) is 21.2. The fraction of sp³-hybridized carbons (Fsp3) is 0.174. The van der Waals surface area contributed by atoms with E-state index in [4.69, 9.17) is 21.4 Å². The molecule has 5 aromatic rings. The van der Waals surface area contributed by atoms with Crippen molar-refractivity contribution in [3.63, 3.8) is 0 Å². The van der Waals surface area contributed by atoms with Gasteiger partial charge in [-0.1, -0.05) is 18.3 Å². The number of aromatic nitrogens is 4. The Labute approximate surface area is 197 Å². The fourth-order valence-electron chi connectivity index (χ4n) is 3.53. The molecule has 0 atom stereocenters. The molecular weight excluding hydrogens is 458 g/mol. The minimum absolute atomic E-state index is 0.0161. The Bertz CT molecular complexity index is 1620. The van der Waals surface area contributed by atoms with Crippen molar-refractivity contribution in [1.82, 2.24) is 19.5 Å². The monoisotopic (exact) mass is 477 g/mol. The number of hydrogen-bond donors (Lipinski definition) is 0. The summed E-state index contributed by atoms with van der Waals surface area (Å²) in [6, 6.07) is 9.68. The van der Waals surface area contributed by atoms with Crippen LogP contribution in [0.25, 0.3) is 26.4 Å². The summed E-state index contributed by atoms with van der Waals surface area (Å²) in [6.07, 6.45) is 6.12. The number of anilines is 2. The van der Waals surface area contributed by atoms with Gasteiger partial charge in [-0.05, 0) is 48.5 Å². The van der Waals surface area contributed by atoms with Crippen LogP contribution in [-0.4, -0.2) is 33.7 Å². The van der Waals surface area contributed by atoms with E-state index < -0.39 is 5.56 Å². The van der Waals surface area contributed by atoms with Gasteiger partial charge in [0.25, 0.3) is 10.4 Å². The zero-order chi connectivity index (χ0) is 23.1. The Kier molecular flexibility index (Phi) is 5.39. The molecule has 0 unspecified atom stereocenters. The largest absolute Gasteiger partial charge is 0.493 e. The highest BCUT2D eigenvalue weighted by atomic mass is 32.1. The minimum atomic E-state index is -0.404. The quantitative estimate of drug-likeness (QED) is 0.325. The van der Waals surface area contributed by atoms with Crippen molar-refractivity contribution >= 4 is 56.2 Å². The molecule has 0 saturated carbocycles. The van der Waals surface area contributed by atoms with Crippen LogP contribution in [-0.2, 0) is 6.42 Å². The van der Waals surface area contributed by atoms with Gasteiger partial charge in [-0.3, -0.25) is 9.78 Å². The maximum atomic E-state index is 13.2. The number of thiazole rings is 1. The van der Waals surface area contributed by atoms with Crippen LogP contribution in [0.5, 0.6) is 5.75 Å². The summed E-state index contributed by atoms with van der Waals surface area (Å²) in [6.45, 7) is 2.10. The Balaban J connectivity index is 1.60. The molecule has 4 heterocycles. The van der Waals surface area contributed by atoms with Crippen molar-refractivity contribution < 1.29 is 9.15 Å². The molecule has 5 rings (SSSR count). The molecule has 10 heteroatoms. The van der Waals surface area contributed by atoms with Crippen LogP contribution in [0.2, 0.25) is 0 Å². The number of rotatable bonds is 5. The number of hydrogen-bond acceptors (Lipinski definition) is 9. The van der Waals surface area contributed by atoms with E-state index in [-0.39, 0.29) is 15.9 Å². The van der Waals surface area contributed by atoms with Gasteiger partial charge in [-0.25, -0.2) is 14.5 Å². The van der Waals surface area contributed by atoms with Gasteiger partial charge in [0.05, 0.1) is 29.2 Å². The highest BCUT2D eigenvalue weighted by Crippen LogP contribution is 2.32. The summed E-state index contributed by atoms with van der Waals surface area (Å²) in [7, 11) is 3.49. The summed E-state index contributed by atoms with van der Waals surface area (Å²) in [5.41, 5.74) is 3.85. The number of aryl methyl sites for hydroxylation is 1. The molecule has 0 saturated heterocycles. The van der Waals surface area contributed by atoms with E-state index in [0.717, 1.165) is 28.0 Å². The first-order valence-electron chi connectivity index (χ1n) is 10.2. The predicted octanol–water partition coefficient (Wildman–Crippen LogP) is 5.05. The second-order valence-corrected chi connectivity index (χ2v) is 8.67. The van der Waals surface area contributed by atoms with Crippen LogP contribution >= 0.6 is 23.6 Å². The van der Waals surface area contributed by atoms with Gasteiger partial charge in [0, 0.05) is 31.2 Å². The van der Waals surface area contributed by atoms with E-state index in [1.54, 1.807) is 6.07 Å². The Hall–Kier alpha value is -3.63. The van der Waals surface area contributed by atoms with Crippen LogP contribution in [0.3, 0.4) is 0 Å². The van der Waals surface area contributed by atoms with Crippen LogP contribution < -0.4 is 15.2 Å². The molecule has 0 aliphatic carbocycles. The molecule has 8 nitrogen and oxygen atoms in total. The number of ether oxygens (including phenoxy) is 1.